The lowest BCUT2D eigenvalue weighted by atomic mass is 10.1. The molecule has 0 fully saturated rings. The zero-order valence-corrected chi connectivity index (χ0v) is 19.3. The highest BCUT2D eigenvalue weighted by Gasteiger charge is 2.19. The smallest absolute Gasteiger partial charge is 0.267 e. The van der Waals surface area contributed by atoms with E-state index in [1.807, 2.05) is 56.5 Å². The number of carbonyl (C=O) groups is 2. The van der Waals surface area contributed by atoms with Gasteiger partial charge in [-0.3, -0.25) is 14.9 Å². The molecule has 2 amide bonds. The molecule has 4 rings (SSSR count). The molecule has 0 aliphatic carbocycles. The van der Waals surface area contributed by atoms with Crippen LogP contribution in [-0.2, 0) is 11.3 Å². The zero-order chi connectivity index (χ0) is 22.1. The molecule has 158 valence electrons. The summed E-state index contributed by atoms with van der Waals surface area (Å²) < 4.78 is 0. The average molecular weight is 451 g/mol. The van der Waals surface area contributed by atoms with Crippen molar-refractivity contribution in [2.24, 2.45) is 0 Å². The molecule has 31 heavy (non-hydrogen) atoms. The van der Waals surface area contributed by atoms with Crippen LogP contribution in [0, 0.1) is 20.8 Å². The standard InChI is InChI=1S/C23H22N4O2S2/c1-12-9-13(2)25-22-19(12)14(3)20(31-22)21(29)27-23-26-18(11-30-23)17-7-5-16(6-8-17)10-24-15(4)28/h5-9,11H,10H2,1-4H3,(H,24,28)(H,26,27,29). The van der Waals surface area contributed by atoms with Gasteiger partial charge in [0.15, 0.2) is 5.13 Å². The van der Waals surface area contributed by atoms with Crippen LogP contribution in [0.4, 0.5) is 5.13 Å². The second-order valence-corrected chi connectivity index (χ2v) is 9.27. The number of fused-ring (bicyclic) bond motifs is 1. The summed E-state index contributed by atoms with van der Waals surface area (Å²) in [6, 6.07) is 9.88. The van der Waals surface area contributed by atoms with Crippen molar-refractivity contribution in [1.29, 1.82) is 0 Å². The molecule has 0 aliphatic heterocycles. The second-order valence-electron chi connectivity index (χ2n) is 7.42. The summed E-state index contributed by atoms with van der Waals surface area (Å²) in [5.41, 5.74) is 5.81. The molecule has 3 heterocycles. The predicted octanol–water partition coefficient (Wildman–Crippen LogP) is 5.23. The van der Waals surface area contributed by atoms with Crippen LogP contribution in [0.15, 0.2) is 35.7 Å². The van der Waals surface area contributed by atoms with E-state index < -0.39 is 0 Å². The minimum Gasteiger partial charge on any atom is -0.352 e. The van der Waals surface area contributed by atoms with E-state index in [0.717, 1.165) is 43.9 Å². The summed E-state index contributed by atoms with van der Waals surface area (Å²) >= 11 is 2.81. The second kappa shape index (κ2) is 8.56. The number of hydrogen-bond donors (Lipinski definition) is 2. The van der Waals surface area contributed by atoms with Crippen LogP contribution in [0.5, 0.6) is 0 Å². The number of pyridine rings is 1. The van der Waals surface area contributed by atoms with E-state index in [1.54, 1.807) is 0 Å². The van der Waals surface area contributed by atoms with Gasteiger partial charge in [-0.25, -0.2) is 9.97 Å². The van der Waals surface area contributed by atoms with Crippen LogP contribution in [0.1, 0.15) is 39.0 Å². The van der Waals surface area contributed by atoms with Crippen molar-refractivity contribution in [3.63, 3.8) is 0 Å². The highest BCUT2D eigenvalue weighted by Crippen LogP contribution is 2.33. The number of rotatable bonds is 5. The summed E-state index contributed by atoms with van der Waals surface area (Å²) in [6.45, 7) is 7.97. The molecule has 0 bridgehead atoms. The van der Waals surface area contributed by atoms with Gasteiger partial charge in [0.1, 0.15) is 4.83 Å². The predicted molar refractivity (Wildman–Crippen MR) is 127 cm³/mol. The Morgan fingerprint density at radius 1 is 1.06 bits per heavy atom. The number of thiophene rings is 1. The molecule has 4 aromatic rings. The van der Waals surface area contributed by atoms with Gasteiger partial charge in [0.05, 0.1) is 10.6 Å². The van der Waals surface area contributed by atoms with Crippen LogP contribution >= 0.6 is 22.7 Å². The molecule has 2 N–H and O–H groups in total. The van der Waals surface area contributed by atoms with Gasteiger partial charge < -0.3 is 5.32 Å². The van der Waals surface area contributed by atoms with E-state index in [4.69, 9.17) is 0 Å². The molecule has 0 saturated carbocycles. The quantitative estimate of drug-likeness (QED) is 0.436. The minimum atomic E-state index is -0.163. The minimum absolute atomic E-state index is 0.0566. The van der Waals surface area contributed by atoms with E-state index in [-0.39, 0.29) is 11.8 Å². The summed E-state index contributed by atoms with van der Waals surface area (Å²) in [6.07, 6.45) is 0. The highest BCUT2D eigenvalue weighted by molar-refractivity contribution is 7.21. The molecule has 8 heteroatoms. The third-order valence-corrected chi connectivity index (χ3v) is 6.89. The first-order chi connectivity index (χ1) is 14.8. The van der Waals surface area contributed by atoms with Gasteiger partial charge in [0.25, 0.3) is 5.91 Å². The summed E-state index contributed by atoms with van der Waals surface area (Å²) in [7, 11) is 0. The number of benzene rings is 1. The van der Waals surface area contributed by atoms with Crippen LogP contribution in [0.2, 0.25) is 0 Å². The topological polar surface area (TPSA) is 84.0 Å². The maximum atomic E-state index is 12.9. The van der Waals surface area contributed by atoms with E-state index in [0.29, 0.717) is 16.6 Å². The number of carbonyl (C=O) groups excluding carboxylic acids is 2. The summed E-state index contributed by atoms with van der Waals surface area (Å²) in [5, 5.41) is 9.24. The molecule has 0 saturated heterocycles. The van der Waals surface area contributed by atoms with E-state index in [9.17, 15) is 9.59 Å². The van der Waals surface area contributed by atoms with Crippen molar-refractivity contribution < 1.29 is 9.59 Å². The van der Waals surface area contributed by atoms with Crippen LogP contribution in [-0.4, -0.2) is 21.8 Å². The van der Waals surface area contributed by atoms with Crippen molar-refractivity contribution >= 4 is 49.8 Å². The third kappa shape index (κ3) is 4.50. The molecule has 0 radical (unpaired) electrons. The number of aryl methyl sites for hydroxylation is 3. The fourth-order valence-corrected chi connectivity index (χ4v) is 5.39. The molecular formula is C23H22N4O2S2. The van der Waals surface area contributed by atoms with Crippen molar-refractivity contribution in [2.45, 2.75) is 34.2 Å². The number of anilines is 1. The molecule has 1 aromatic carbocycles. The van der Waals surface area contributed by atoms with E-state index in [2.05, 4.69) is 20.6 Å². The third-order valence-electron chi connectivity index (χ3n) is 4.95. The Morgan fingerprint density at radius 3 is 2.52 bits per heavy atom. The maximum Gasteiger partial charge on any atom is 0.267 e. The SMILES string of the molecule is CC(=O)NCc1ccc(-c2csc(NC(=O)c3sc4nc(C)cc(C)c4c3C)n2)cc1. The fourth-order valence-electron chi connectivity index (χ4n) is 3.47. The van der Waals surface area contributed by atoms with Gasteiger partial charge >= 0.3 is 0 Å². The van der Waals surface area contributed by atoms with Crippen molar-refractivity contribution in [3.8, 4) is 11.3 Å². The van der Waals surface area contributed by atoms with Crippen molar-refractivity contribution in [1.82, 2.24) is 15.3 Å². The van der Waals surface area contributed by atoms with Gasteiger partial charge in [0.2, 0.25) is 5.91 Å². The first-order valence-corrected chi connectivity index (χ1v) is 11.5. The number of amides is 2. The lowest BCUT2D eigenvalue weighted by Gasteiger charge is -2.03. The normalized spacial score (nSPS) is 11.0. The lowest BCUT2D eigenvalue weighted by Crippen LogP contribution is -2.18. The number of nitrogens with zero attached hydrogens (tertiary/aromatic N) is 2. The Labute approximate surface area is 188 Å². The number of nitrogens with one attached hydrogen (secondary N) is 2. The molecule has 6 nitrogen and oxygen atoms in total. The molecule has 3 aromatic heterocycles. The Balaban J connectivity index is 1.51. The zero-order valence-electron chi connectivity index (χ0n) is 17.7. The van der Waals surface area contributed by atoms with Crippen LogP contribution in [0.3, 0.4) is 0 Å². The maximum absolute atomic E-state index is 12.9. The molecular weight excluding hydrogens is 428 g/mol. The van der Waals surface area contributed by atoms with Crippen molar-refractivity contribution in [3.05, 3.63) is 63.0 Å². The van der Waals surface area contributed by atoms with Gasteiger partial charge in [-0.15, -0.1) is 22.7 Å². The average Bonchev–Trinajstić information content (AvgIpc) is 3.31. The summed E-state index contributed by atoms with van der Waals surface area (Å²) in [4.78, 5) is 34.7. The van der Waals surface area contributed by atoms with Crippen LogP contribution < -0.4 is 10.6 Å². The van der Waals surface area contributed by atoms with Gasteiger partial charge in [-0.1, -0.05) is 24.3 Å². The highest BCUT2D eigenvalue weighted by atomic mass is 32.1. The number of thiazole rings is 1. The Bertz CT molecular complexity index is 1290. The first-order valence-electron chi connectivity index (χ1n) is 9.80. The number of hydrogen-bond acceptors (Lipinski definition) is 6. The molecule has 0 spiro atoms. The van der Waals surface area contributed by atoms with Crippen LogP contribution in [0.25, 0.3) is 21.5 Å². The molecule has 0 aliphatic rings. The van der Waals surface area contributed by atoms with Gasteiger partial charge in [0, 0.05) is 35.5 Å². The largest absolute Gasteiger partial charge is 0.352 e. The lowest BCUT2D eigenvalue weighted by molar-refractivity contribution is -0.119. The molecule has 0 unspecified atom stereocenters. The Hall–Kier alpha value is -3.10. The van der Waals surface area contributed by atoms with E-state index >= 15 is 0 Å². The number of aromatic nitrogens is 2. The van der Waals surface area contributed by atoms with E-state index in [1.165, 1.54) is 29.6 Å². The Kier molecular flexibility index (Phi) is 5.84. The first kappa shape index (κ1) is 21.1. The Morgan fingerprint density at radius 2 is 1.81 bits per heavy atom. The monoisotopic (exact) mass is 450 g/mol. The molecule has 0 atom stereocenters. The van der Waals surface area contributed by atoms with Gasteiger partial charge in [-0.05, 0) is 43.5 Å². The fraction of sp³-hybridized carbons (Fsp3) is 0.217. The van der Waals surface area contributed by atoms with Crippen molar-refractivity contribution in [2.75, 3.05) is 5.32 Å². The van der Waals surface area contributed by atoms with Gasteiger partial charge in [-0.2, -0.15) is 0 Å². The summed E-state index contributed by atoms with van der Waals surface area (Å²) in [5.74, 6) is -0.219.